The third-order valence-corrected chi connectivity index (χ3v) is 6.95. The number of likely N-dealkylation sites (N-methyl/N-ethyl adjacent to an activating group) is 1. The SMILES string of the molecule is COc1c(N2CC3CCCN(C)C3C2)c(F)cc2c(=O)c(C(=O)O)cn(C3CC3)c12. The third kappa shape index (κ3) is 2.88. The smallest absolute Gasteiger partial charge is 0.341 e. The normalized spacial score (nSPS) is 24.3. The van der Waals surface area contributed by atoms with Crippen molar-refractivity contribution in [2.45, 2.75) is 37.8 Å². The van der Waals surface area contributed by atoms with Crippen molar-refractivity contribution in [2.24, 2.45) is 5.92 Å². The van der Waals surface area contributed by atoms with E-state index in [1.54, 1.807) is 4.57 Å². The molecule has 0 amide bonds. The first-order valence-corrected chi connectivity index (χ1v) is 10.5. The van der Waals surface area contributed by atoms with Gasteiger partial charge in [0.25, 0.3) is 0 Å². The number of fused-ring (bicyclic) bond motifs is 2. The molecule has 2 unspecified atom stereocenters. The van der Waals surface area contributed by atoms with Crippen LogP contribution >= 0.6 is 0 Å². The van der Waals surface area contributed by atoms with Gasteiger partial charge in [-0.05, 0) is 51.3 Å². The van der Waals surface area contributed by atoms with E-state index >= 15 is 4.39 Å². The second-order valence-electron chi connectivity index (χ2n) is 8.81. The molecule has 0 radical (unpaired) electrons. The largest absolute Gasteiger partial charge is 0.492 e. The van der Waals surface area contributed by atoms with E-state index in [2.05, 4.69) is 11.9 Å². The van der Waals surface area contributed by atoms with Crippen LogP contribution in [0.4, 0.5) is 10.1 Å². The summed E-state index contributed by atoms with van der Waals surface area (Å²) in [6, 6.07) is 1.68. The van der Waals surface area contributed by atoms with E-state index in [1.807, 2.05) is 4.90 Å². The molecule has 8 heteroatoms. The molecule has 1 saturated carbocycles. The van der Waals surface area contributed by atoms with Crippen LogP contribution < -0.4 is 15.1 Å². The molecular formula is C22H26FN3O4. The maximum Gasteiger partial charge on any atom is 0.341 e. The minimum atomic E-state index is -1.30. The van der Waals surface area contributed by atoms with E-state index in [0.29, 0.717) is 35.5 Å². The Kier molecular flexibility index (Phi) is 4.50. The molecule has 30 heavy (non-hydrogen) atoms. The second kappa shape index (κ2) is 6.97. The van der Waals surface area contributed by atoms with E-state index in [-0.39, 0.29) is 17.0 Å². The fourth-order valence-electron chi connectivity index (χ4n) is 5.31. The zero-order valence-corrected chi connectivity index (χ0v) is 17.2. The maximum atomic E-state index is 15.4. The molecule has 0 spiro atoms. The second-order valence-corrected chi connectivity index (χ2v) is 8.81. The number of piperidine rings is 1. The molecule has 2 aromatic rings. The Labute approximate surface area is 173 Å². The van der Waals surface area contributed by atoms with Crippen molar-refractivity contribution in [1.82, 2.24) is 9.47 Å². The summed E-state index contributed by atoms with van der Waals surface area (Å²) in [6.45, 7) is 2.50. The Bertz CT molecular complexity index is 1090. The monoisotopic (exact) mass is 415 g/mol. The van der Waals surface area contributed by atoms with Crippen LogP contribution in [0.2, 0.25) is 0 Å². The van der Waals surface area contributed by atoms with Crippen molar-refractivity contribution in [2.75, 3.05) is 38.7 Å². The summed E-state index contributed by atoms with van der Waals surface area (Å²) < 4.78 is 22.9. The fraction of sp³-hybridized carbons (Fsp3) is 0.545. The molecule has 160 valence electrons. The quantitative estimate of drug-likeness (QED) is 0.828. The van der Waals surface area contributed by atoms with Gasteiger partial charge in [-0.1, -0.05) is 0 Å². The molecule has 1 aromatic heterocycles. The van der Waals surface area contributed by atoms with E-state index in [9.17, 15) is 14.7 Å². The van der Waals surface area contributed by atoms with Crippen LogP contribution in [0.15, 0.2) is 17.1 Å². The Morgan fingerprint density at radius 1 is 1.27 bits per heavy atom. The van der Waals surface area contributed by atoms with Crippen molar-refractivity contribution in [3.8, 4) is 5.75 Å². The van der Waals surface area contributed by atoms with Crippen LogP contribution in [0, 0.1) is 11.7 Å². The Morgan fingerprint density at radius 2 is 2.03 bits per heavy atom. The van der Waals surface area contributed by atoms with E-state index in [1.165, 1.54) is 19.4 Å². The number of carboxylic acid groups (broad SMARTS) is 1. The van der Waals surface area contributed by atoms with Gasteiger partial charge in [0.05, 0.1) is 18.0 Å². The lowest BCUT2D eigenvalue weighted by Gasteiger charge is -2.33. The fourth-order valence-corrected chi connectivity index (χ4v) is 5.31. The molecule has 3 heterocycles. The number of anilines is 1. The highest BCUT2D eigenvalue weighted by Crippen LogP contribution is 2.45. The summed E-state index contributed by atoms with van der Waals surface area (Å²) in [4.78, 5) is 28.8. The molecule has 3 aliphatic rings. The lowest BCUT2D eigenvalue weighted by molar-refractivity contribution is 0.0695. The van der Waals surface area contributed by atoms with E-state index < -0.39 is 17.2 Å². The summed E-state index contributed by atoms with van der Waals surface area (Å²) in [5, 5.41) is 9.53. The van der Waals surface area contributed by atoms with Crippen molar-refractivity contribution in [1.29, 1.82) is 0 Å². The molecule has 7 nitrogen and oxygen atoms in total. The van der Waals surface area contributed by atoms with Crippen molar-refractivity contribution in [3.63, 3.8) is 0 Å². The summed E-state index contributed by atoms with van der Waals surface area (Å²) in [5.41, 5.74) is -0.135. The first-order chi connectivity index (χ1) is 14.4. The number of hydrogen-bond donors (Lipinski definition) is 1. The number of aromatic carboxylic acids is 1. The summed E-state index contributed by atoms with van der Waals surface area (Å²) >= 11 is 0. The molecule has 5 rings (SSSR count). The van der Waals surface area contributed by atoms with Gasteiger partial charge in [0.1, 0.15) is 11.3 Å². The highest BCUT2D eigenvalue weighted by Gasteiger charge is 2.40. The predicted molar refractivity (Wildman–Crippen MR) is 111 cm³/mol. The first-order valence-electron chi connectivity index (χ1n) is 10.5. The van der Waals surface area contributed by atoms with Crippen LogP contribution in [0.25, 0.3) is 10.9 Å². The average Bonchev–Trinajstić information content (AvgIpc) is 3.46. The van der Waals surface area contributed by atoms with Crippen molar-refractivity contribution < 1.29 is 19.0 Å². The number of carbonyl (C=O) groups is 1. The standard InChI is InChI=1S/C22H26FN3O4/c1-24-7-3-4-12-9-25(11-17(12)24)19-16(23)8-14-18(21(19)30-2)26(13-5-6-13)10-15(20(14)27)22(28)29/h8,10,12-13,17H,3-7,9,11H2,1-2H3,(H,28,29). The van der Waals surface area contributed by atoms with Crippen molar-refractivity contribution >= 4 is 22.6 Å². The highest BCUT2D eigenvalue weighted by atomic mass is 19.1. The molecule has 1 aromatic carbocycles. The van der Waals surface area contributed by atoms with Gasteiger partial charge in [-0.15, -0.1) is 0 Å². The third-order valence-electron chi connectivity index (χ3n) is 6.95. The number of methoxy groups -OCH3 is 1. The summed E-state index contributed by atoms with van der Waals surface area (Å²) in [6.07, 6.45) is 5.45. The van der Waals surface area contributed by atoms with Gasteiger partial charge in [0.2, 0.25) is 5.43 Å². The number of pyridine rings is 1. The number of aromatic nitrogens is 1. The summed E-state index contributed by atoms with van der Waals surface area (Å²) in [7, 11) is 3.60. The van der Waals surface area contributed by atoms with E-state index in [4.69, 9.17) is 4.74 Å². The van der Waals surface area contributed by atoms with Crippen LogP contribution in [0.1, 0.15) is 42.1 Å². The van der Waals surface area contributed by atoms with Gasteiger partial charge in [-0.25, -0.2) is 9.18 Å². The van der Waals surface area contributed by atoms with Crippen molar-refractivity contribution in [3.05, 3.63) is 33.9 Å². The zero-order valence-electron chi connectivity index (χ0n) is 17.2. The number of carboxylic acids is 1. The molecule has 2 aliphatic heterocycles. The number of nitrogens with zero attached hydrogens (tertiary/aromatic N) is 3. The Balaban J connectivity index is 1.72. The van der Waals surface area contributed by atoms with Crippen LogP contribution in [0.5, 0.6) is 5.75 Å². The number of ether oxygens (including phenoxy) is 1. The summed E-state index contributed by atoms with van der Waals surface area (Å²) in [5.74, 6) is -1.04. The zero-order chi connectivity index (χ0) is 21.2. The minimum Gasteiger partial charge on any atom is -0.492 e. The molecule has 2 atom stereocenters. The number of benzene rings is 1. The molecule has 0 bridgehead atoms. The number of likely N-dealkylation sites (tertiary alicyclic amines) is 1. The average molecular weight is 415 g/mol. The van der Waals surface area contributed by atoms with Gasteiger partial charge >= 0.3 is 5.97 Å². The van der Waals surface area contributed by atoms with Gasteiger partial charge in [0.15, 0.2) is 11.6 Å². The van der Waals surface area contributed by atoms with Gasteiger partial charge < -0.3 is 24.2 Å². The number of hydrogen-bond acceptors (Lipinski definition) is 5. The molecule has 2 saturated heterocycles. The maximum absolute atomic E-state index is 15.4. The predicted octanol–water partition coefficient (Wildman–Crippen LogP) is 2.71. The van der Waals surface area contributed by atoms with E-state index in [0.717, 1.165) is 38.8 Å². The first kappa shape index (κ1) is 19.4. The number of halogens is 1. The Hall–Kier alpha value is -2.61. The lowest BCUT2D eigenvalue weighted by Crippen LogP contribution is -2.42. The molecule has 1 aliphatic carbocycles. The van der Waals surface area contributed by atoms with Gasteiger partial charge in [0, 0.05) is 31.4 Å². The van der Waals surface area contributed by atoms with Crippen LogP contribution in [-0.2, 0) is 0 Å². The molecule has 1 N–H and O–H groups in total. The topological polar surface area (TPSA) is 75.0 Å². The molecular weight excluding hydrogens is 389 g/mol. The Morgan fingerprint density at radius 3 is 2.67 bits per heavy atom. The van der Waals surface area contributed by atoms with Gasteiger partial charge in [-0.2, -0.15) is 0 Å². The van der Waals surface area contributed by atoms with Crippen LogP contribution in [0.3, 0.4) is 0 Å². The van der Waals surface area contributed by atoms with Crippen LogP contribution in [-0.4, -0.2) is 60.4 Å². The lowest BCUT2D eigenvalue weighted by atomic mass is 9.93. The highest BCUT2D eigenvalue weighted by molar-refractivity contribution is 5.97. The van der Waals surface area contributed by atoms with Gasteiger partial charge in [-0.3, -0.25) is 4.79 Å². The number of rotatable bonds is 4. The molecule has 3 fully saturated rings. The minimum absolute atomic E-state index is 0.0635.